The molecule has 146 valence electrons. The van der Waals surface area contributed by atoms with Crippen LogP contribution in [0.15, 0.2) is 24.3 Å². The summed E-state index contributed by atoms with van der Waals surface area (Å²) in [4.78, 5) is 28.5. The normalized spacial score (nSPS) is 14.7. The molecule has 1 aliphatic rings. The van der Waals surface area contributed by atoms with Crippen LogP contribution in [0.4, 0.5) is 5.82 Å². The van der Waals surface area contributed by atoms with E-state index in [9.17, 15) is 4.79 Å². The summed E-state index contributed by atoms with van der Waals surface area (Å²) < 4.78 is 0. The summed E-state index contributed by atoms with van der Waals surface area (Å²) in [6, 6.07) is 7.21. The van der Waals surface area contributed by atoms with Gasteiger partial charge in [-0.15, -0.1) is 11.3 Å². The average molecular weight is 435 g/mol. The summed E-state index contributed by atoms with van der Waals surface area (Å²) in [6.07, 6.45) is 0.992. The molecule has 0 spiro atoms. The zero-order valence-electron chi connectivity index (χ0n) is 15.7. The van der Waals surface area contributed by atoms with E-state index in [0.29, 0.717) is 28.7 Å². The first-order valence-electron chi connectivity index (χ1n) is 9.22. The van der Waals surface area contributed by atoms with Crippen LogP contribution in [0, 0.1) is 6.92 Å². The van der Waals surface area contributed by atoms with E-state index in [1.165, 1.54) is 4.88 Å². The number of halogens is 2. The highest BCUT2D eigenvalue weighted by atomic mass is 35.5. The Labute approximate surface area is 177 Å². The number of hydrogen-bond acceptors (Lipinski definition) is 5. The second-order valence-corrected chi connectivity index (χ2v) is 8.72. The molecule has 4 rings (SSSR count). The number of carbonyl (C=O) groups excluding carboxylic acids is 1. The molecule has 1 saturated heterocycles. The third-order valence-corrected chi connectivity index (χ3v) is 6.83. The van der Waals surface area contributed by atoms with Gasteiger partial charge in [-0.2, -0.15) is 0 Å². The van der Waals surface area contributed by atoms with Gasteiger partial charge in [-0.05, 0) is 37.6 Å². The van der Waals surface area contributed by atoms with Gasteiger partial charge in [0.05, 0.1) is 15.4 Å². The van der Waals surface area contributed by atoms with Crippen molar-refractivity contribution in [3.63, 3.8) is 0 Å². The van der Waals surface area contributed by atoms with Crippen LogP contribution >= 0.6 is 34.5 Å². The van der Waals surface area contributed by atoms with E-state index in [1.807, 2.05) is 11.8 Å². The molecule has 0 N–H and O–H groups in total. The molecular weight excluding hydrogens is 415 g/mol. The predicted molar refractivity (Wildman–Crippen MR) is 116 cm³/mol. The molecule has 0 aliphatic carbocycles. The first kappa shape index (κ1) is 19.4. The summed E-state index contributed by atoms with van der Waals surface area (Å²) in [5.41, 5.74) is 0.563. The molecule has 0 radical (unpaired) electrons. The zero-order chi connectivity index (χ0) is 19.8. The van der Waals surface area contributed by atoms with Crippen LogP contribution in [0.25, 0.3) is 10.2 Å². The van der Waals surface area contributed by atoms with Gasteiger partial charge in [0.2, 0.25) is 0 Å². The molecule has 0 bridgehead atoms. The summed E-state index contributed by atoms with van der Waals surface area (Å²) in [5, 5.41) is 1.96. The predicted octanol–water partition coefficient (Wildman–Crippen LogP) is 4.83. The number of anilines is 1. The van der Waals surface area contributed by atoms with Crippen molar-refractivity contribution in [2.24, 2.45) is 0 Å². The Morgan fingerprint density at radius 3 is 2.54 bits per heavy atom. The van der Waals surface area contributed by atoms with Gasteiger partial charge < -0.3 is 9.80 Å². The van der Waals surface area contributed by atoms with Crippen molar-refractivity contribution in [3.8, 4) is 0 Å². The summed E-state index contributed by atoms with van der Waals surface area (Å²) in [7, 11) is 0. The maximum absolute atomic E-state index is 12.8. The van der Waals surface area contributed by atoms with E-state index in [0.717, 1.165) is 41.4 Å². The van der Waals surface area contributed by atoms with E-state index < -0.39 is 0 Å². The molecule has 0 unspecified atom stereocenters. The van der Waals surface area contributed by atoms with Crippen molar-refractivity contribution in [2.75, 3.05) is 31.1 Å². The van der Waals surface area contributed by atoms with Crippen LogP contribution in [-0.2, 0) is 6.42 Å². The maximum atomic E-state index is 12.8. The second-order valence-electron chi connectivity index (χ2n) is 6.79. The Kier molecular flexibility index (Phi) is 5.45. The maximum Gasteiger partial charge on any atom is 0.254 e. The van der Waals surface area contributed by atoms with Crippen LogP contribution in [0.1, 0.15) is 28.0 Å². The molecule has 3 aromatic rings. The first-order chi connectivity index (χ1) is 13.5. The quantitative estimate of drug-likeness (QED) is 0.591. The molecule has 5 nitrogen and oxygen atoms in total. The van der Waals surface area contributed by atoms with E-state index in [4.69, 9.17) is 28.2 Å². The Hall–Kier alpha value is -1.89. The summed E-state index contributed by atoms with van der Waals surface area (Å²) in [6.45, 7) is 6.81. The van der Waals surface area contributed by atoms with Crippen molar-refractivity contribution in [2.45, 2.75) is 20.3 Å². The van der Waals surface area contributed by atoms with Gasteiger partial charge in [0, 0.05) is 36.6 Å². The molecule has 1 fully saturated rings. The van der Waals surface area contributed by atoms with Crippen LogP contribution in [0.5, 0.6) is 0 Å². The van der Waals surface area contributed by atoms with Crippen LogP contribution in [0.3, 0.4) is 0 Å². The lowest BCUT2D eigenvalue weighted by Gasteiger charge is -2.35. The number of aromatic nitrogens is 2. The zero-order valence-corrected chi connectivity index (χ0v) is 18.0. The van der Waals surface area contributed by atoms with E-state index in [-0.39, 0.29) is 5.91 Å². The number of thiophene rings is 1. The Balaban J connectivity index is 1.52. The molecule has 0 atom stereocenters. The molecule has 2 aromatic heterocycles. The fraction of sp³-hybridized carbons (Fsp3) is 0.350. The highest BCUT2D eigenvalue weighted by Crippen LogP contribution is 2.32. The third kappa shape index (κ3) is 3.69. The highest BCUT2D eigenvalue weighted by Gasteiger charge is 2.25. The molecule has 3 heterocycles. The third-order valence-electron chi connectivity index (χ3n) is 4.92. The van der Waals surface area contributed by atoms with Crippen molar-refractivity contribution in [3.05, 3.63) is 50.6 Å². The van der Waals surface area contributed by atoms with Gasteiger partial charge in [0.15, 0.2) is 0 Å². The number of aryl methyl sites for hydroxylation is 2. The standard InChI is InChI=1S/C20H20Cl2N4OS/c1-3-14-11-15-18(23-12(2)24-19(15)28-14)25-6-8-26(9-7-25)20(27)13-4-5-16(21)17(22)10-13/h4-5,10-11H,3,6-9H2,1-2H3. The van der Waals surface area contributed by atoms with Crippen LogP contribution in [0.2, 0.25) is 10.0 Å². The highest BCUT2D eigenvalue weighted by molar-refractivity contribution is 7.18. The average Bonchev–Trinajstić information content (AvgIpc) is 3.12. The Bertz CT molecular complexity index is 1040. The van der Waals surface area contributed by atoms with Gasteiger partial charge in [0.1, 0.15) is 16.5 Å². The fourth-order valence-corrected chi connectivity index (χ4v) is 4.71. The van der Waals surface area contributed by atoms with Gasteiger partial charge in [-0.1, -0.05) is 30.1 Å². The topological polar surface area (TPSA) is 49.3 Å². The fourth-order valence-electron chi connectivity index (χ4n) is 3.41. The van der Waals surface area contributed by atoms with Gasteiger partial charge in [0.25, 0.3) is 5.91 Å². The Morgan fingerprint density at radius 2 is 1.86 bits per heavy atom. The number of benzene rings is 1. The lowest BCUT2D eigenvalue weighted by Crippen LogP contribution is -2.49. The van der Waals surface area contributed by atoms with E-state index in [1.54, 1.807) is 29.5 Å². The van der Waals surface area contributed by atoms with Crippen molar-refractivity contribution < 1.29 is 4.79 Å². The van der Waals surface area contributed by atoms with E-state index >= 15 is 0 Å². The molecule has 1 amide bonds. The van der Waals surface area contributed by atoms with Gasteiger partial charge in [-0.3, -0.25) is 4.79 Å². The number of fused-ring (bicyclic) bond motifs is 1. The van der Waals surface area contributed by atoms with Crippen LogP contribution < -0.4 is 4.90 Å². The number of amides is 1. The molecule has 28 heavy (non-hydrogen) atoms. The van der Waals surface area contributed by atoms with Crippen molar-refractivity contribution >= 4 is 56.5 Å². The lowest BCUT2D eigenvalue weighted by atomic mass is 10.1. The minimum atomic E-state index is -0.0222. The largest absolute Gasteiger partial charge is 0.352 e. The number of rotatable bonds is 3. The lowest BCUT2D eigenvalue weighted by molar-refractivity contribution is 0.0746. The Morgan fingerprint density at radius 1 is 1.11 bits per heavy atom. The number of hydrogen-bond donors (Lipinski definition) is 0. The van der Waals surface area contributed by atoms with Crippen LogP contribution in [-0.4, -0.2) is 47.0 Å². The summed E-state index contributed by atoms with van der Waals surface area (Å²) >= 11 is 13.7. The molecular formula is C20H20Cl2N4OS. The molecule has 1 aromatic carbocycles. The number of nitrogens with zero attached hydrogens (tertiary/aromatic N) is 4. The summed E-state index contributed by atoms with van der Waals surface area (Å²) in [5.74, 6) is 1.73. The number of piperazine rings is 1. The second kappa shape index (κ2) is 7.85. The molecule has 1 aliphatic heterocycles. The smallest absolute Gasteiger partial charge is 0.254 e. The monoisotopic (exact) mass is 434 g/mol. The van der Waals surface area contributed by atoms with E-state index in [2.05, 4.69) is 22.9 Å². The van der Waals surface area contributed by atoms with Crippen molar-refractivity contribution in [1.29, 1.82) is 0 Å². The number of carbonyl (C=O) groups is 1. The first-order valence-corrected chi connectivity index (χ1v) is 10.8. The van der Waals surface area contributed by atoms with Crippen molar-refractivity contribution in [1.82, 2.24) is 14.9 Å². The SMILES string of the molecule is CCc1cc2c(N3CCN(C(=O)c4ccc(Cl)c(Cl)c4)CC3)nc(C)nc2s1. The minimum Gasteiger partial charge on any atom is -0.352 e. The molecule has 8 heteroatoms. The van der Waals surface area contributed by atoms with Gasteiger partial charge in [-0.25, -0.2) is 9.97 Å². The minimum absolute atomic E-state index is 0.0222. The van der Waals surface area contributed by atoms with Gasteiger partial charge >= 0.3 is 0 Å². The molecule has 0 saturated carbocycles.